The van der Waals surface area contributed by atoms with Crippen molar-refractivity contribution < 1.29 is 0 Å². The molecular formula is C13H14BrN3S2. The number of nitrogens with two attached hydrogens (primary N) is 1. The van der Waals surface area contributed by atoms with Crippen molar-refractivity contribution in [2.24, 2.45) is 5.73 Å². The first kappa shape index (κ1) is 14.4. The third-order valence-corrected chi connectivity index (χ3v) is 4.66. The molecule has 0 aliphatic carbocycles. The van der Waals surface area contributed by atoms with E-state index in [1.807, 2.05) is 29.8 Å². The highest BCUT2D eigenvalue weighted by molar-refractivity contribution is 9.10. The number of hydrogen-bond donors (Lipinski definition) is 2. The molecule has 3 N–H and O–H groups in total. The van der Waals surface area contributed by atoms with Gasteiger partial charge in [0.15, 0.2) is 0 Å². The minimum Gasteiger partial charge on any atom is -0.389 e. The Bertz CT molecular complexity index is 594. The predicted molar refractivity (Wildman–Crippen MR) is 88.8 cm³/mol. The van der Waals surface area contributed by atoms with Gasteiger partial charge in [-0.05, 0) is 48.0 Å². The van der Waals surface area contributed by atoms with Crippen LogP contribution in [0.2, 0.25) is 0 Å². The molecule has 0 aliphatic rings. The molecule has 1 aromatic heterocycles. The van der Waals surface area contributed by atoms with E-state index in [4.69, 9.17) is 18.0 Å². The van der Waals surface area contributed by atoms with Crippen LogP contribution in [0.3, 0.4) is 0 Å². The number of hydrogen-bond acceptors (Lipinski definition) is 4. The van der Waals surface area contributed by atoms with Crippen LogP contribution in [0.25, 0.3) is 0 Å². The molecule has 1 aromatic carbocycles. The van der Waals surface area contributed by atoms with E-state index in [1.54, 1.807) is 11.3 Å². The SMILES string of the molecule is CC(C)(Nc1ccc(C(N)=S)cc1Br)c1nccs1. The fourth-order valence-corrected chi connectivity index (χ4v) is 3.01. The summed E-state index contributed by atoms with van der Waals surface area (Å²) in [5.41, 5.74) is 7.22. The maximum Gasteiger partial charge on any atom is 0.117 e. The second-order valence-corrected chi connectivity index (χ2v) is 6.83. The number of halogens is 1. The summed E-state index contributed by atoms with van der Waals surface area (Å²) in [7, 11) is 0. The molecule has 2 aromatic rings. The molecule has 0 bridgehead atoms. The lowest BCUT2D eigenvalue weighted by atomic mass is 10.1. The Morgan fingerprint density at radius 2 is 2.21 bits per heavy atom. The standard InChI is InChI=1S/C13H14BrN3S2/c1-13(2,12-16-5-6-19-12)17-10-4-3-8(11(15)18)7-9(10)14/h3-7,17H,1-2H3,(H2,15,18). The number of nitrogens with one attached hydrogen (secondary N) is 1. The minimum absolute atomic E-state index is 0.235. The third-order valence-electron chi connectivity index (χ3n) is 2.67. The molecule has 0 amide bonds. The Hall–Kier alpha value is -0.980. The van der Waals surface area contributed by atoms with Gasteiger partial charge in [-0.1, -0.05) is 12.2 Å². The Labute approximate surface area is 130 Å². The quantitative estimate of drug-likeness (QED) is 0.816. The van der Waals surface area contributed by atoms with Gasteiger partial charge in [0.1, 0.15) is 10.00 Å². The zero-order valence-electron chi connectivity index (χ0n) is 10.6. The minimum atomic E-state index is -0.235. The maximum absolute atomic E-state index is 5.62. The Balaban J connectivity index is 2.27. The van der Waals surface area contributed by atoms with Crippen LogP contribution in [0, 0.1) is 0 Å². The zero-order valence-corrected chi connectivity index (χ0v) is 13.8. The number of thiazole rings is 1. The molecule has 0 saturated heterocycles. The molecular weight excluding hydrogens is 342 g/mol. The highest BCUT2D eigenvalue weighted by atomic mass is 79.9. The molecule has 6 heteroatoms. The first-order valence-electron chi connectivity index (χ1n) is 5.67. The van der Waals surface area contributed by atoms with Crippen LogP contribution in [-0.4, -0.2) is 9.97 Å². The number of nitrogens with zero attached hydrogens (tertiary/aromatic N) is 1. The van der Waals surface area contributed by atoms with Crippen molar-refractivity contribution in [1.29, 1.82) is 0 Å². The molecule has 0 aliphatic heterocycles. The monoisotopic (exact) mass is 355 g/mol. The fourth-order valence-electron chi connectivity index (χ4n) is 1.69. The van der Waals surface area contributed by atoms with Gasteiger partial charge in [0.25, 0.3) is 0 Å². The van der Waals surface area contributed by atoms with Gasteiger partial charge in [0.2, 0.25) is 0 Å². The summed E-state index contributed by atoms with van der Waals surface area (Å²) < 4.78 is 0.933. The van der Waals surface area contributed by atoms with Gasteiger partial charge in [-0.25, -0.2) is 4.98 Å². The van der Waals surface area contributed by atoms with Crippen LogP contribution >= 0.6 is 39.5 Å². The van der Waals surface area contributed by atoms with Crippen molar-refractivity contribution in [2.45, 2.75) is 19.4 Å². The van der Waals surface area contributed by atoms with E-state index >= 15 is 0 Å². The third kappa shape index (κ3) is 3.32. The Kier molecular flexibility index (Phi) is 4.23. The van der Waals surface area contributed by atoms with Crippen molar-refractivity contribution >= 4 is 50.2 Å². The van der Waals surface area contributed by atoms with Gasteiger partial charge in [-0.2, -0.15) is 0 Å². The van der Waals surface area contributed by atoms with Crippen molar-refractivity contribution in [3.8, 4) is 0 Å². The van der Waals surface area contributed by atoms with E-state index in [1.165, 1.54) is 0 Å². The highest BCUT2D eigenvalue weighted by Crippen LogP contribution is 2.31. The molecule has 0 saturated carbocycles. The topological polar surface area (TPSA) is 50.9 Å². The molecule has 0 spiro atoms. The lowest BCUT2D eigenvalue weighted by Gasteiger charge is -2.26. The van der Waals surface area contributed by atoms with Gasteiger partial charge in [0, 0.05) is 27.3 Å². The molecule has 100 valence electrons. The van der Waals surface area contributed by atoms with Crippen molar-refractivity contribution in [1.82, 2.24) is 4.98 Å². The molecule has 0 unspecified atom stereocenters. The van der Waals surface area contributed by atoms with Crippen molar-refractivity contribution in [2.75, 3.05) is 5.32 Å². The maximum atomic E-state index is 5.62. The lowest BCUT2D eigenvalue weighted by molar-refractivity contribution is 0.604. The summed E-state index contributed by atoms with van der Waals surface area (Å²) >= 11 is 10.1. The molecule has 0 fully saturated rings. The van der Waals surface area contributed by atoms with Crippen LogP contribution in [0.4, 0.5) is 5.69 Å². The van der Waals surface area contributed by atoms with Crippen LogP contribution in [0.5, 0.6) is 0 Å². The zero-order chi connectivity index (χ0) is 14.0. The van der Waals surface area contributed by atoms with Gasteiger partial charge in [-0.15, -0.1) is 11.3 Å². The molecule has 0 radical (unpaired) electrons. The van der Waals surface area contributed by atoms with E-state index in [0.717, 1.165) is 20.7 Å². The number of rotatable bonds is 4. The van der Waals surface area contributed by atoms with Gasteiger partial charge < -0.3 is 11.1 Å². The lowest BCUT2D eigenvalue weighted by Crippen LogP contribution is -2.28. The summed E-state index contributed by atoms with van der Waals surface area (Å²) in [6.07, 6.45) is 1.81. The predicted octanol–water partition coefficient (Wildman–Crippen LogP) is 3.89. The summed E-state index contributed by atoms with van der Waals surface area (Å²) in [6, 6.07) is 5.80. The van der Waals surface area contributed by atoms with Gasteiger partial charge in [-0.3, -0.25) is 0 Å². The van der Waals surface area contributed by atoms with E-state index in [9.17, 15) is 0 Å². The highest BCUT2D eigenvalue weighted by Gasteiger charge is 2.23. The number of anilines is 1. The largest absolute Gasteiger partial charge is 0.389 e. The second-order valence-electron chi connectivity index (χ2n) is 4.65. The first-order chi connectivity index (χ1) is 8.90. The van der Waals surface area contributed by atoms with Gasteiger partial charge in [0.05, 0.1) is 5.54 Å². The average Bonchev–Trinajstić information content (AvgIpc) is 2.85. The number of aromatic nitrogens is 1. The van der Waals surface area contributed by atoms with Crippen LogP contribution in [0.15, 0.2) is 34.2 Å². The number of thiocarbonyl (C=S) groups is 1. The number of benzene rings is 1. The van der Waals surface area contributed by atoms with Gasteiger partial charge >= 0.3 is 0 Å². The molecule has 3 nitrogen and oxygen atoms in total. The molecule has 2 rings (SSSR count). The Morgan fingerprint density at radius 1 is 1.47 bits per heavy atom. The second kappa shape index (κ2) is 5.56. The average molecular weight is 356 g/mol. The van der Waals surface area contributed by atoms with E-state index in [0.29, 0.717) is 4.99 Å². The van der Waals surface area contributed by atoms with E-state index < -0.39 is 0 Å². The van der Waals surface area contributed by atoms with Crippen molar-refractivity contribution in [3.05, 3.63) is 44.8 Å². The molecule has 0 atom stereocenters. The van der Waals surface area contributed by atoms with Crippen LogP contribution < -0.4 is 11.1 Å². The Morgan fingerprint density at radius 3 is 2.74 bits per heavy atom. The van der Waals surface area contributed by atoms with E-state index in [-0.39, 0.29) is 5.54 Å². The summed E-state index contributed by atoms with van der Waals surface area (Å²) in [6.45, 7) is 4.19. The van der Waals surface area contributed by atoms with Crippen LogP contribution in [-0.2, 0) is 5.54 Å². The first-order valence-corrected chi connectivity index (χ1v) is 7.76. The summed E-state index contributed by atoms with van der Waals surface area (Å²) in [5, 5.41) is 6.49. The van der Waals surface area contributed by atoms with E-state index in [2.05, 4.69) is 40.1 Å². The summed E-state index contributed by atoms with van der Waals surface area (Å²) in [4.78, 5) is 4.75. The fraction of sp³-hybridized carbons (Fsp3) is 0.231. The van der Waals surface area contributed by atoms with Crippen molar-refractivity contribution in [3.63, 3.8) is 0 Å². The molecule has 19 heavy (non-hydrogen) atoms. The van der Waals surface area contributed by atoms with Crippen LogP contribution in [0.1, 0.15) is 24.4 Å². The summed E-state index contributed by atoms with van der Waals surface area (Å²) in [5.74, 6) is 0. The normalized spacial score (nSPS) is 11.3. The smallest absolute Gasteiger partial charge is 0.117 e. The molecule has 1 heterocycles.